The third-order valence-electron chi connectivity index (χ3n) is 6.81. The molecule has 1 aliphatic carbocycles. The number of rotatable bonds is 9. The van der Waals surface area contributed by atoms with Crippen molar-refractivity contribution < 1.29 is 64.9 Å². The van der Waals surface area contributed by atoms with Gasteiger partial charge in [-0.15, -0.1) is 6.20 Å². The zero-order valence-electron chi connectivity index (χ0n) is 20.7. The van der Waals surface area contributed by atoms with E-state index in [2.05, 4.69) is 45.4 Å². The number of hydrogen-bond donors (Lipinski definition) is 0. The maximum atomic E-state index is 11.2. The molecule has 1 saturated carbocycles. The predicted molar refractivity (Wildman–Crippen MR) is 133 cm³/mol. The maximum absolute atomic E-state index is 11.2. The monoisotopic (exact) mass is 616 g/mol. The molecule has 1 radical (unpaired) electrons. The Morgan fingerprint density at radius 2 is 2.00 bits per heavy atom. The summed E-state index contributed by atoms with van der Waals surface area (Å²) in [6.45, 7) is 2.53. The van der Waals surface area contributed by atoms with Gasteiger partial charge in [-0.1, -0.05) is 24.2 Å². The summed E-state index contributed by atoms with van der Waals surface area (Å²) in [6, 6.07) is 12.9. The van der Waals surface area contributed by atoms with Gasteiger partial charge in [-0.05, 0) is 44.5 Å². The van der Waals surface area contributed by atoms with Gasteiger partial charge in [-0.2, -0.15) is 38.9 Å². The summed E-state index contributed by atoms with van der Waals surface area (Å²) in [5, 5.41) is 13.8. The molecule has 8 nitrogen and oxygen atoms in total. The zero-order valence-corrected chi connectivity index (χ0v) is 25.1. The smallest absolute Gasteiger partial charge is 0.209 e. The van der Waals surface area contributed by atoms with E-state index in [0.717, 1.165) is 48.3 Å². The first-order valence-electron chi connectivity index (χ1n) is 11.7. The molecule has 0 aromatic heterocycles. The van der Waals surface area contributed by atoms with Crippen molar-refractivity contribution in [1.29, 1.82) is 0 Å². The molecule has 1 aliphatic heterocycles. The third kappa shape index (κ3) is 6.62. The summed E-state index contributed by atoms with van der Waals surface area (Å²) in [7, 11) is -2.44. The van der Waals surface area contributed by atoms with Crippen molar-refractivity contribution in [1.82, 2.24) is 0 Å². The van der Waals surface area contributed by atoms with Crippen LogP contribution >= 0.6 is 12.0 Å². The molecule has 0 amide bonds. The number of benzene rings is 2. The Hall–Kier alpha value is -1.37. The zero-order chi connectivity index (χ0) is 25.8. The van der Waals surface area contributed by atoms with Crippen molar-refractivity contribution >= 4 is 39.2 Å². The van der Waals surface area contributed by atoms with E-state index < -0.39 is 10.1 Å². The molecular weight excluding hydrogens is 589 g/mol. The van der Waals surface area contributed by atoms with Crippen molar-refractivity contribution in [2.45, 2.75) is 54.2 Å². The molecule has 2 aromatic rings. The van der Waals surface area contributed by atoms with Crippen molar-refractivity contribution in [3.05, 3.63) is 72.5 Å². The van der Waals surface area contributed by atoms with Crippen LogP contribution in [0.4, 0.5) is 11.4 Å². The van der Waals surface area contributed by atoms with Gasteiger partial charge in [0.2, 0.25) is 5.69 Å². The topological polar surface area (TPSA) is 105 Å². The van der Waals surface area contributed by atoms with Gasteiger partial charge in [0.25, 0.3) is 0 Å². The van der Waals surface area contributed by atoms with Gasteiger partial charge in [0, 0.05) is 49.2 Å². The average molecular weight is 617 g/mol. The second-order valence-corrected chi connectivity index (χ2v) is 10.9. The van der Waals surface area contributed by atoms with Gasteiger partial charge in [0.1, 0.15) is 7.05 Å². The minimum atomic E-state index is -4.51. The van der Waals surface area contributed by atoms with E-state index in [1.54, 1.807) is 11.0 Å². The normalized spacial score (nSPS) is 17.0. The van der Waals surface area contributed by atoms with Crippen LogP contribution in [-0.2, 0) is 57.6 Å². The first kappa shape index (κ1) is 30.2. The number of nitrogens with zero attached hydrogens (tertiary/aromatic N) is 2. The molecule has 0 bridgehead atoms. The second kappa shape index (κ2) is 13.1. The van der Waals surface area contributed by atoms with Crippen molar-refractivity contribution in [3.63, 3.8) is 0 Å². The Morgan fingerprint density at radius 3 is 2.62 bits per heavy atom. The Balaban J connectivity index is 0.00000380. The van der Waals surface area contributed by atoms with E-state index >= 15 is 0 Å². The summed E-state index contributed by atoms with van der Waals surface area (Å²) < 4.78 is 40.3. The van der Waals surface area contributed by atoms with E-state index in [1.807, 2.05) is 31.2 Å². The van der Waals surface area contributed by atoms with Crippen LogP contribution in [0.5, 0.6) is 0 Å². The average Bonchev–Trinajstić information content (AvgIpc) is 3.09. The molecule has 195 valence electrons. The molecule has 0 atom stereocenters. The molecule has 1 fully saturated rings. The summed E-state index contributed by atoms with van der Waals surface area (Å²) in [4.78, 5) is 2.30. The SMILES string of the molecule is CCN([C-]=CC=CC1=[N+](C)c2ccc(SOO[O-])cc2C12CCCCC2)c1[c-]cc(S(=O)(=O)[O-])cc1.[Y]. The minimum absolute atomic E-state index is 0. The van der Waals surface area contributed by atoms with Crippen LogP contribution in [0.15, 0.2) is 64.4 Å². The standard InChI is InChI=1S/C26H29N2O6S2.Y/c1-3-28(20-10-13-22(14-11-20)36(30,31)32)18-8-5-9-25-26(16-6-4-7-17-26)23-19-21(35-34-33-29)12-15-24(23)27(25)2;/h5,8-10,12-15,19,29H,3-4,6-7,16-17H2,1-2H3,(H,30,31,32);/q-1;/p-2. The van der Waals surface area contributed by atoms with Crippen LogP contribution in [0.1, 0.15) is 44.6 Å². The van der Waals surface area contributed by atoms with E-state index in [4.69, 9.17) is 0 Å². The van der Waals surface area contributed by atoms with E-state index in [-0.39, 0.29) is 43.0 Å². The maximum Gasteiger partial charge on any atom is 0.209 e. The molecule has 37 heavy (non-hydrogen) atoms. The molecule has 1 heterocycles. The fourth-order valence-corrected chi connectivity index (χ4v) is 6.00. The molecule has 2 aromatic carbocycles. The molecule has 11 heteroatoms. The first-order chi connectivity index (χ1) is 17.3. The van der Waals surface area contributed by atoms with Gasteiger partial charge < -0.3 is 14.7 Å². The Morgan fingerprint density at radius 1 is 1.24 bits per heavy atom. The van der Waals surface area contributed by atoms with Gasteiger partial charge in [0.05, 0.1) is 27.6 Å². The molecule has 0 N–H and O–H groups in total. The summed E-state index contributed by atoms with van der Waals surface area (Å²) in [5.41, 5.74) is 4.08. The number of anilines is 1. The minimum Gasteiger partial charge on any atom is -0.754 e. The Labute approximate surface area is 247 Å². The second-order valence-electron chi connectivity index (χ2n) is 8.75. The molecular formula is C26H27N2O6S2Y-3. The quantitative estimate of drug-likeness (QED) is 0.0610. The van der Waals surface area contributed by atoms with Crippen LogP contribution in [0.25, 0.3) is 0 Å². The van der Waals surface area contributed by atoms with E-state index in [9.17, 15) is 18.2 Å². The molecule has 1 spiro atoms. The summed E-state index contributed by atoms with van der Waals surface area (Å²) in [6.07, 6.45) is 14.6. The van der Waals surface area contributed by atoms with Crippen LogP contribution in [0.2, 0.25) is 0 Å². The molecule has 4 rings (SSSR count). The fourth-order valence-electron chi connectivity index (χ4n) is 5.17. The summed E-state index contributed by atoms with van der Waals surface area (Å²) >= 11 is 0.908. The van der Waals surface area contributed by atoms with Crippen LogP contribution in [-0.4, -0.2) is 36.9 Å². The predicted octanol–water partition coefficient (Wildman–Crippen LogP) is 3.95. The first-order valence-corrected chi connectivity index (χ1v) is 13.9. The van der Waals surface area contributed by atoms with Gasteiger partial charge in [-0.3, -0.25) is 13.5 Å². The Bertz CT molecular complexity index is 1290. The molecule has 0 unspecified atom stereocenters. The third-order valence-corrected chi connectivity index (χ3v) is 8.21. The summed E-state index contributed by atoms with van der Waals surface area (Å²) in [5.74, 6) is 0. The number of fused-ring (bicyclic) bond motifs is 2. The largest absolute Gasteiger partial charge is 0.754 e. The number of allylic oxidation sites excluding steroid dienone is 3. The van der Waals surface area contributed by atoms with Crippen LogP contribution in [0, 0.1) is 12.3 Å². The van der Waals surface area contributed by atoms with E-state index in [1.165, 1.54) is 29.8 Å². The molecule has 0 saturated heterocycles. The van der Waals surface area contributed by atoms with Gasteiger partial charge >= 0.3 is 0 Å². The number of hydrogen-bond acceptors (Lipinski definition) is 8. The van der Waals surface area contributed by atoms with E-state index in [0.29, 0.717) is 12.2 Å². The van der Waals surface area contributed by atoms with Crippen LogP contribution < -0.4 is 10.2 Å². The molecule has 2 aliphatic rings. The van der Waals surface area contributed by atoms with Crippen LogP contribution in [0.3, 0.4) is 0 Å². The van der Waals surface area contributed by atoms with Crippen molar-refractivity contribution in [2.75, 3.05) is 18.5 Å². The van der Waals surface area contributed by atoms with Gasteiger partial charge in [0.15, 0.2) is 5.71 Å². The Kier molecular flexibility index (Phi) is 10.7. The van der Waals surface area contributed by atoms with Crippen molar-refractivity contribution in [2.24, 2.45) is 0 Å². The van der Waals surface area contributed by atoms with Gasteiger partial charge in [-0.25, -0.2) is 12.1 Å². The fraction of sp³-hybridized carbons (Fsp3) is 0.346. The van der Waals surface area contributed by atoms with Crippen molar-refractivity contribution in [3.8, 4) is 0 Å².